The summed E-state index contributed by atoms with van der Waals surface area (Å²) in [6.45, 7) is 0. The fraction of sp³-hybridized carbons (Fsp3) is 1.00. The second kappa shape index (κ2) is 8.14. The van der Waals surface area contributed by atoms with E-state index < -0.39 is 0 Å². The van der Waals surface area contributed by atoms with Crippen molar-refractivity contribution in [3.63, 3.8) is 0 Å². The fourth-order valence-electron chi connectivity index (χ4n) is 0.376. The van der Waals surface area contributed by atoms with Crippen LogP contribution in [0.25, 0.3) is 0 Å². The quantitative estimate of drug-likeness (QED) is 0.505. The molecular weight excluding hydrogens is 206 g/mol. The molecule has 0 aromatic rings. The third-order valence-corrected chi connectivity index (χ3v) is 3.55. The molecule has 0 aliphatic carbocycles. The normalized spacial score (nSPS) is 9.00. The van der Waals surface area contributed by atoms with Crippen molar-refractivity contribution in [2.75, 3.05) is 5.88 Å². The molecule has 0 fully saturated rings. The summed E-state index contributed by atoms with van der Waals surface area (Å²) in [4.78, 5) is 0. The number of rotatable bonds is 3. The summed E-state index contributed by atoms with van der Waals surface area (Å²) in [7, 11) is 0. The Morgan fingerprint density at radius 2 is 1.88 bits per heavy atom. The molecule has 3 heteroatoms. The van der Waals surface area contributed by atoms with E-state index in [2.05, 4.69) is 11.4 Å². The first-order valence-electron chi connectivity index (χ1n) is 2.48. The summed E-state index contributed by atoms with van der Waals surface area (Å²) >= 11 is 5.14. The number of halogens is 2. The molecule has 0 rings (SSSR count). The summed E-state index contributed by atoms with van der Waals surface area (Å²) < 4.78 is 0. The van der Waals surface area contributed by atoms with Crippen LogP contribution in [0.1, 0.15) is 6.42 Å². The largest absolute Gasteiger partial charge is 0.147 e. The van der Waals surface area contributed by atoms with Crippen molar-refractivity contribution in [1.29, 1.82) is 0 Å². The molecule has 0 nitrogen and oxygen atoms in total. The molecule has 0 heterocycles. The molecule has 0 bridgehead atoms. The van der Waals surface area contributed by atoms with Crippen LogP contribution >= 0.6 is 24.0 Å². The van der Waals surface area contributed by atoms with Gasteiger partial charge in [-0.3, -0.25) is 0 Å². The Labute approximate surface area is 67.7 Å². The monoisotopic (exact) mass is 218 g/mol. The Balaban J connectivity index is 0. The van der Waals surface area contributed by atoms with E-state index >= 15 is 0 Å². The molecule has 52 valence electrons. The molecule has 0 amide bonds. The summed E-state index contributed by atoms with van der Waals surface area (Å²) in [5.41, 5.74) is 4.72. The van der Waals surface area contributed by atoms with Crippen molar-refractivity contribution in [3.8, 4) is 0 Å². The summed E-state index contributed by atoms with van der Waals surface area (Å²) in [5.74, 6) is 0.854. The zero-order valence-corrected chi connectivity index (χ0v) is 8.80. The summed E-state index contributed by atoms with van der Waals surface area (Å²) in [6.07, 6.45) is 1.23. The van der Waals surface area contributed by atoms with Crippen LogP contribution in [0.5, 0.6) is 0 Å². The van der Waals surface area contributed by atoms with Gasteiger partial charge in [-0.05, 0) is 0 Å². The van der Waals surface area contributed by atoms with Crippen molar-refractivity contribution in [2.24, 2.45) is 0 Å². The predicted molar refractivity (Wildman–Crippen MR) is 44.9 cm³/mol. The van der Waals surface area contributed by atoms with Crippen LogP contribution in [0.3, 0.4) is 0 Å². The minimum Gasteiger partial charge on any atom is -0.147 e. The van der Waals surface area contributed by atoms with E-state index in [4.69, 9.17) is 11.6 Å². The maximum Gasteiger partial charge on any atom is -0.147 e. The van der Waals surface area contributed by atoms with Gasteiger partial charge in [0, 0.05) is 0 Å². The molecule has 8 heavy (non-hydrogen) atoms. The van der Waals surface area contributed by atoms with E-state index in [-0.39, 0.29) is 27.1 Å². The van der Waals surface area contributed by atoms with Crippen LogP contribution < -0.4 is 0 Å². The standard InChI is InChI=1S/C5H12AsCl.ClH/c1-6(2)4-3-5-7;/h3-5H2,1-2H3;1H. The molecule has 0 aliphatic heterocycles. The molecule has 0 radical (unpaired) electrons. The molecule has 0 saturated carbocycles. The van der Waals surface area contributed by atoms with Gasteiger partial charge in [0.2, 0.25) is 0 Å². The van der Waals surface area contributed by atoms with Crippen LogP contribution in [-0.4, -0.2) is 20.5 Å². The van der Waals surface area contributed by atoms with E-state index in [0.717, 1.165) is 5.88 Å². The smallest absolute Gasteiger partial charge is 0.147 e. The molecule has 0 unspecified atom stereocenters. The van der Waals surface area contributed by atoms with Crippen LogP contribution in [0.2, 0.25) is 16.6 Å². The Morgan fingerprint density at radius 3 is 2.00 bits per heavy atom. The van der Waals surface area contributed by atoms with Crippen molar-refractivity contribution >= 4 is 38.7 Å². The van der Waals surface area contributed by atoms with Gasteiger partial charge in [0.15, 0.2) is 0 Å². The number of hydrogen-bond donors (Lipinski definition) is 0. The second-order valence-electron chi connectivity index (χ2n) is 1.85. The first-order chi connectivity index (χ1) is 3.27. The molecule has 0 aromatic carbocycles. The summed E-state index contributed by atoms with van der Waals surface area (Å²) in [5, 5.41) is 1.41. The van der Waals surface area contributed by atoms with Gasteiger partial charge < -0.3 is 0 Å². The van der Waals surface area contributed by atoms with Gasteiger partial charge in [0.25, 0.3) is 0 Å². The van der Waals surface area contributed by atoms with Gasteiger partial charge in [-0.15, -0.1) is 12.4 Å². The summed E-state index contributed by atoms with van der Waals surface area (Å²) in [6, 6.07) is 0. The van der Waals surface area contributed by atoms with E-state index in [1.54, 1.807) is 0 Å². The third-order valence-electron chi connectivity index (χ3n) is 0.739. The van der Waals surface area contributed by atoms with Gasteiger partial charge in [-0.2, -0.15) is 0 Å². The van der Waals surface area contributed by atoms with Crippen LogP contribution in [-0.2, 0) is 0 Å². The zero-order valence-electron chi connectivity index (χ0n) is 5.35. The van der Waals surface area contributed by atoms with E-state index in [9.17, 15) is 0 Å². The Morgan fingerprint density at radius 1 is 1.38 bits per heavy atom. The molecular formula is C5H13AsCl2. The van der Waals surface area contributed by atoms with Gasteiger partial charge >= 0.3 is 55.2 Å². The topological polar surface area (TPSA) is 0 Å². The van der Waals surface area contributed by atoms with E-state index in [1.807, 2.05) is 0 Å². The van der Waals surface area contributed by atoms with Crippen molar-refractivity contribution in [3.05, 3.63) is 0 Å². The Hall–Kier alpha value is 1.14. The average molecular weight is 219 g/mol. The van der Waals surface area contributed by atoms with Crippen molar-refractivity contribution < 1.29 is 0 Å². The van der Waals surface area contributed by atoms with Gasteiger partial charge in [0.05, 0.1) is 0 Å². The number of alkyl halides is 1. The maximum absolute atomic E-state index is 5.47. The minimum absolute atomic E-state index is 0. The van der Waals surface area contributed by atoms with E-state index in [0.29, 0.717) is 0 Å². The molecule has 0 saturated heterocycles. The molecule has 0 aliphatic rings. The first kappa shape index (κ1) is 11.9. The predicted octanol–water partition coefficient (Wildman–Crippen LogP) is 2.79. The Kier molecular flexibility index (Phi) is 12.1. The molecule has 0 aromatic heterocycles. The Bertz CT molecular complexity index is 39.4. The molecule has 0 atom stereocenters. The zero-order chi connectivity index (χ0) is 5.70. The van der Waals surface area contributed by atoms with Crippen LogP contribution in [0, 0.1) is 0 Å². The van der Waals surface area contributed by atoms with Crippen LogP contribution in [0.4, 0.5) is 0 Å². The maximum atomic E-state index is 5.47. The first-order valence-corrected chi connectivity index (χ1v) is 8.09. The van der Waals surface area contributed by atoms with Crippen molar-refractivity contribution in [2.45, 2.75) is 23.1 Å². The minimum atomic E-state index is -0.327. The third kappa shape index (κ3) is 10.2. The van der Waals surface area contributed by atoms with Crippen LogP contribution in [0.15, 0.2) is 0 Å². The second-order valence-corrected chi connectivity index (χ2v) is 7.69. The van der Waals surface area contributed by atoms with Gasteiger partial charge in [0.1, 0.15) is 0 Å². The SMILES string of the molecule is C[As](C)CCCCl.Cl. The average Bonchev–Trinajstić information content (AvgIpc) is 1.61. The van der Waals surface area contributed by atoms with E-state index in [1.165, 1.54) is 11.6 Å². The molecule has 0 N–H and O–H groups in total. The van der Waals surface area contributed by atoms with Gasteiger partial charge in [-0.1, -0.05) is 0 Å². The number of hydrogen-bond acceptors (Lipinski definition) is 0. The van der Waals surface area contributed by atoms with Crippen molar-refractivity contribution in [1.82, 2.24) is 0 Å². The molecule has 0 spiro atoms. The fourth-order valence-corrected chi connectivity index (χ4v) is 2.57. The van der Waals surface area contributed by atoms with Gasteiger partial charge in [-0.25, -0.2) is 0 Å².